The Morgan fingerprint density at radius 1 is 1.12 bits per heavy atom. The molecule has 26 heavy (non-hydrogen) atoms. The predicted molar refractivity (Wildman–Crippen MR) is 97.1 cm³/mol. The average Bonchev–Trinajstić information content (AvgIpc) is 3.04. The lowest BCUT2D eigenvalue weighted by molar-refractivity contribution is 0.0752. The molecule has 0 spiro atoms. The highest BCUT2D eigenvalue weighted by molar-refractivity contribution is 5.86. The molecule has 6 nitrogen and oxygen atoms in total. The lowest BCUT2D eigenvalue weighted by Crippen LogP contribution is -2.29. The van der Waals surface area contributed by atoms with Crippen LogP contribution in [0.2, 0.25) is 0 Å². The van der Waals surface area contributed by atoms with Gasteiger partial charge < -0.3 is 5.32 Å². The summed E-state index contributed by atoms with van der Waals surface area (Å²) in [7, 11) is 0. The molecule has 0 radical (unpaired) electrons. The van der Waals surface area contributed by atoms with E-state index >= 15 is 0 Å². The Morgan fingerprint density at radius 2 is 1.77 bits per heavy atom. The Hall–Kier alpha value is -3.09. The van der Waals surface area contributed by atoms with Crippen LogP contribution in [0.4, 0.5) is 10.3 Å². The summed E-state index contributed by atoms with van der Waals surface area (Å²) >= 11 is 0. The van der Waals surface area contributed by atoms with Crippen LogP contribution in [0.3, 0.4) is 0 Å². The monoisotopic (exact) mass is 353 g/mol. The van der Waals surface area contributed by atoms with Gasteiger partial charge in [-0.25, -0.2) is 4.39 Å². The highest BCUT2D eigenvalue weighted by Crippen LogP contribution is 2.22. The number of anilines is 1. The minimum absolute atomic E-state index is 0.174. The van der Waals surface area contributed by atoms with Crippen molar-refractivity contribution in [2.75, 3.05) is 5.32 Å². The fourth-order valence-corrected chi connectivity index (χ4v) is 2.29. The number of benzene rings is 1. The summed E-state index contributed by atoms with van der Waals surface area (Å²) in [6.07, 6.45) is 3.29. The number of nitrogens with zero attached hydrogens (tertiary/aromatic N) is 4. The van der Waals surface area contributed by atoms with Crippen molar-refractivity contribution in [3.8, 4) is 11.4 Å². The van der Waals surface area contributed by atoms with E-state index in [9.17, 15) is 9.18 Å². The van der Waals surface area contributed by atoms with Crippen molar-refractivity contribution in [3.05, 3.63) is 60.2 Å². The molecule has 0 aliphatic carbocycles. The van der Waals surface area contributed by atoms with Crippen LogP contribution >= 0.6 is 0 Å². The molecule has 0 amide bonds. The largest absolute Gasteiger partial charge is 0.350 e. The van der Waals surface area contributed by atoms with Crippen LogP contribution in [0.1, 0.15) is 31.1 Å². The maximum Gasteiger partial charge on any atom is 0.255 e. The van der Waals surface area contributed by atoms with Crippen molar-refractivity contribution in [1.29, 1.82) is 0 Å². The molecule has 0 fully saturated rings. The van der Waals surface area contributed by atoms with Crippen molar-refractivity contribution in [1.82, 2.24) is 19.7 Å². The number of nitrogens with one attached hydrogen (secondary N) is 1. The van der Waals surface area contributed by atoms with Gasteiger partial charge in [0.25, 0.3) is 5.91 Å². The molecule has 0 aliphatic heterocycles. The van der Waals surface area contributed by atoms with E-state index in [1.165, 1.54) is 16.8 Å². The van der Waals surface area contributed by atoms with Gasteiger partial charge in [0, 0.05) is 29.9 Å². The molecule has 0 unspecified atom stereocenters. The number of carbonyl (C=O) groups is 1. The lowest BCUT2D eigenvalue weighted by Gasteiger charge is -2.17. The smallest absolute Gasteiger partial charge is 0.255 e. The number of hydrogen-bond donors (Lipinski definition) is 1. The number of halogens is 1. The second-order valence-electron chi connectivity index (χ2n) is 6.94. The van der Waals surface area contributed by atoms with Crippen LogP contribution in [0.25, 0.3) is 11.4 Å². The van der Waals surface area contributed by atoms with Gasteiger partial charge in [0.05, 0.1) is 0 Å². The molecule has 0 aliphatic rings. The van der Waals surface area contributed by atoms with Gasteiger partial charge in [-0.05, 0) is 29.8 Å². The van der Waals surface area contributed by atoms with Crippen molar-refractivity contribution >= 4 is 11.9 Å². The second kappa shape index (κ2) is 7.03. The Kier molecular flexibility index (Phi) is 4.79. The van der Waals surface area contributed by atoms with Crippen molar-refractivity contribution in [3.63, 3.8) is 0 Å². The molecular weight excluding hydrogens is 333 g/mol. The second-order valence-corrected chi connectivity index (χ2v) is 6.94. The summed E-state index contributed by atoms with van der Waals surface area (Å²) in [4.78, 5) is 21.2. The molecule has 134 valence electrons. The Bertz CT molecular complexity index is 898. The summed E-state index contributed by atoms with van der Waals surface area (Å²) in [5, 5.41) is 7.50. The molecular formula is C19H20FN5O. The summed E-state index contributed by atoms with van der Waals surface area (Å²) in [6.45, 7) is 5.87. The minimum atomic E-state index is -0.616. The van der Waals surface area contributed by atoms with E-state index in [2.05, 4.69) is 20.4 Å². The number of aromatic nitrogens is 4. The van der Waals surface area contributed by atoms with Crippen molar-refractivity contribution in [2.24, 2.45) is 5.41 Å². The van der Waals surface area contributed by atoms with Gasteiger partial charge in [0.2, 0.25) is 5.95 Å². The van der Waals surface area contributed by atoms with Gasteiger partial charge in [-0.1, -0.05) is 32.9 Å². The third-order valence-electron chi connectivity index (χ3n) is 3.74. The predicted octanol–water partition coefficient (Wildman–Crippen LogP) is 3.78. The third-order valence-corrected chi connectivity index (χ3v) is 3.74. The summed E-state index contributed by atoms with van der Waals surface area (Å²) < 4.78 is 14.3. The zero-order valence-corrected chi connectivity index (χ0v) is 14.9. The molecule has 0 saturated heterocycles. The van der Waals surface area contributed by atoms with Crippen molar-refractivity contribution < 1.29 is 9.18 Å². The van der Waals surface area contributed by atoms with Gasteiger partial charge in [-0.15, -0.1) is 5.10 Å². The average molecular weight is 353 g/mol. The van der Waals surface area contributed by atoms with Crippen LogP contribution in [-0.2, 0) is 6.54 Å². The van der Waals surface area contributed by atoms with E-state index in [-0.39, 0.29) is 11.7 Å². The maximum absolute atomic E-state index is 13.0. The van der Waals surface area contributed by atoms with Crippen LogP contribution < -0.4 is 5.32 Å². The molecule has 3 aromatic rings. The Balaban J connectivity index is 1.92. The molecule has 0 bridgehead atoms. The van der Waals surface area contributed by atoms with Crippen LogP contribution in [0, 0.1) is 11.2 Å². The van der Waals surface area contributed by atoms with E-state index in [0.717, 1.165) is 11.1 Å². The zero-order chi connectivity index (χ0) is 18.7. The molecule has 0 atom stereocenters. The summed E-state index contributed by atoms with van der Waals surface area (Å²) in [6, 6.07) is 9.71. The molecule has 1 aromatic carbocycles. The van der Waals surface area contributed by atoms with Gasteiger partial charge >= 0.3 is 0 Å². The molecule has 1 N–H and O–H groups in total. The molecule has 3 rings (SSSR count). The normalized spacial score (nSPS) is 11.4. The fourth-order valence-electron chi connectivity index (χ4n) is 2.29. The highest BCUT2D eigenvalue weighted by atomic mass is 19.1. The number of carbonyl (C=O) groups excluding carboxylic acids is 1. The molecule has 7 heteroatoms. The fraction of sp³-hybridized carbons (Fsp3) is 0.263. The lowest BCUT2D eigenvalue weighted by atomic mass is 9.96. The molecule has 2 aromatic heterocycles. The molecule has 0 saturated carbocycles. The SMILES string of the molecule is CC(C)(C)C(=O)n1nc(-c2ccncc2)nc1NCc1ccc(F)cc1. The van der Waals surface area contributed by atoms with E-state index in [1.807, 2.05) is 20.8 Å². The van der Waals surface area contributed by atoms with Gasteiger partial charge in [-0.3, -0.25) is 9.78 Å². The van der Waals surface area contributed by atoms with Crippen molar-refractivity contribution in [2.45, 2.75) is 27.3 Å². The standard InChI is InChI=1S/C19H20FN5O/c1-19(2,3)17(26)25-18(22-12-13-4-6-15(20)7-5-13)23-16(24-25)14-8-10-21-11-9-14/h4-11H,12H2,1-3H3,(H,22,23,24). The highest BCUT2D eigenvalue weighted by Gasteiger charge is 2.27. The minimum Gasteiger partial charge on any atom is -0.350 e. The van der Waals surface area contributed by atoms with Gasteiger partial charge in [0.15, 0.2) is 5.82 Å². The van der Waals surface area contributed by atoms with E-state index < -0.39 is 5.41 Å². The third kappa shape index (κ3) is 3.93. The quantitative estimate of drug-likeness (QED) is 0.773. The summed E-state index contributed by atoms with van der Waals surface area (Å²) in [5.74, 6) is 0.319. The Morgan fingerprint density at radius 3 is 2.38 bits per heavy atom. The van der Waals surface area contributed by atoms with Gasteiger partial charge in [-0.2, -0.15) is 9.67 Å². The molecule has 2 heterocycles. The first-order valence-electron chi connectivity index (χ1n) is 8.25. The van der Waals surface area contributed by atoms with Crippen LogP contribution in [0.5, 0.6) is 0 Å². The van der Waals surface area contributed by atoms with Crippen LogP contribution in [-0.4, -0.2) is 25.7 Å². The topological polar surface area (TPSA) is 72.7 Å². The maximum atomic E-state index is 13.0. The zero-order valence-electron chi connectivity index (χ0n) is 14.9. The van der Waals surface area contributed by atoms with Crippen LogP contribution in [0.15, 0.2) is 48.8 Å². The van der Waals surface area contributed by atoms with Gasteiger partial charge in [0.1, 0.15) is 5.82 Å². The number of pyridine rings is 1. The first-order valence-corrected chi connectivity index (χ1v) is 8.25. The van der Waals surface area contributed by atoms with E-state index in [0.29, 0.717) is 18.3 Å². The first-order chi connectivity index (χ1) is 12.3. The van der Waals surface area contributed by atoms with E-state index in [1.54, 1.807) is 36.7 Å². The number of rotatable bonds is 4. The first kappa shape index (κ1) is 17.7. The van der Waals surface area contributed by atoms with E-state index in [4.69, 9.17) is 0 Å². The summed E-state index contributed by atoms with van der Waals surface area (Å²) in [5.41, 5.74) is 1.02. The Labute approximate surface area is 151 Å². The number of hydrogen-bond acceptors (Lipinski definition) is 5.